The third kappa shape index (κ3) is 1.62. The van der Waals surface area contributed by atoms with Crippen molar-refractivity contribution in [1.29, 1.82) is 0 Å². The van der Waals surface area contributed by atoms with Crippen LogP contribution in [0, 0.1) is 0 Å². The molecule has 3 aromatic rings. The number of nitrogens with zero attached hydrogens (tertiary/aromatic N) is 2. The molecule has 0 bridgehead atoms. The van der Waals surface area contributed by atoms with E-state index in [0.717, 1.165) is 23.1 Å². The van der Waals surface area contributed by atoms with Crippen molar-refractivity contribution in [2.24, 2.45) is 0 Å². The number of aromatic amines is 1. The molecule has 0 radical (unpaired) electrons. The first-order valence-corrected chi connectivity index (χ1v) is 5.93. The van der Waals surface area contributed by atoms with Crippen LogP contribution in [0.15, 0.2) is 47.5 Å². The van der Waals surface area contributed by atoms with Crippen molar-refractivity contribution < 1.29 is 0 Å². The lowest BCUT2D eigenvalue weighted by atomic mass is 10.1. The first-order chi connectivity index (χ1) is 8.79. The molecule has 18 heavy (non-hydrogen) atoms. The first-order valence-electron chi connectivity index (χ1n) is 5.93. The molecule has 0 spiro atoms. The summed E-state index contributed by atoms with van der Waals surface area (Å²) in [5, 5.41) is 0. The zero-order valence-electron chi connectivity index (χ0n) is 10.1. The van der Waals surface area contributed by atoms with Crippen molar-refractivity contribution >= 4 is 11.0 Å². The number of hydrogen-bond acceptors (Lipinski definition) is 2. The molecule has 0 atom stereocenters. The Bertz CT molecular complexity index is 738. The number of aryl methyl sites for hydroxylation is 1. The van der Waals surface area contributed by atoms with Gasteiger partial charge < -0.3 is 4.98 Å². The Kier molecular flexibility index (Phi) is 2.48. The maximum absolute atomic E-state index is 12.0. The Morgan fingerprint density at radius 1 is 1.22 bits per heavy atom. The van der Waals surface area contributed by atoms with Crippen LogP contribution in [0.5, 0.6) is 0 Å². The van der Waals surface area contributed by atoms with Crippen molar-refractivity contribution in [3.05, 3.63) is 58.8 Å². The van der Waals surface area contributed by atoms with Crippen LogP contribution >= 0.6 is 0 Å². The largest absolute Gasteiger partial charge is 0.331 e. The third-order valence-electron chi connectivity index (χ3n) is 3.09. The van der Waals surface area contributed by atoms with Crippen molar-refractivity contribution in [3.63, 3.8) is 0 Å². The number of benzene rings is 1. The van der Waals surface area contributed by atoms with E-state index >= 15 is 0 Å². The smallest absolute Gasteiger partial charge is 0.305 e. The van der Waals surface area contributed by atoms with Gasteiger partial charge in [0.2, 0.25) is 0 Å². The Morgan fingerprint density at radius 2 is 2.00 bits per heavy atom. The molecule has 90 valence electrons. The number of fused-ring (bicyclic) bond motifs is 1. The van der Waals surface area contributed by atoms with Crippen LogP contribution in [0.4, 0.5) is 0 Å². The van der Waals surface area contributed by atoms with Crippen LogP contribution in [0.3, 0.4) is 0 Å². The predicted molar refractivity (Wildman–Crippen MR) is 71.1 cm³/mol. The summed E-state index contributed by atoms with van der Waals surface area (Å²) >= 11 is 0. The first kappa shape index (κ1) is 10.8. The highest BCUT2D eigenvalue weighted by Crippen LogP contribution is 2.14. The average molecular weight is 239 g/mol. The molecule has 1 aromatic carbocycles. The molecular formula is C14H13N3O. The van der Waals surface area contributed by atoms with Crippen LogP contribution < -0.4 is 5.69 Å². The Labute approximate surface area is 104 Å². The highest BCUT2D eigenvalue weighted by Gasteiger charge is 2.07. The van der Waals surface area contributed by atoms with E-state index in [2.05, 4.69) is 16.9 Å². The minimum atomic E-state index is -0.137. The van der Waals surface area contributed by atoms with Crippen molar-refractivity contribution in [2.75, 3.05) is 0 Å². The summed E-state index contributed by atoms with van der Waals surface area (Å²) in [7, 11) is 0. The second kappa shape index (κ2) is 4.14. The number of aromatic nitrogens is 3. The second-order valence-corrected chi connectivity index (χ2v) is 4.18. The molecule has 0 aliphatic rings. The lowest BCUT2D eigenvalue weighted by molar-refractivity contribution is 1.01. The van der Waals surface area contributed by atoms with Gasteiger partial charge in [-0.15, -0.1) is 0 Å². The van der Waals surface area contributed by atoms with E-state index in [1.54, 1.807) is 23.0 Å². The Balaban J connectivity index is 2.24. The Morgan fingerprint density at radius 3 is 2.72 bits per heavy atom. The van der Waals surface area contributed by atoms with E-state index in [1.807, 2.05) is 24.3 Å². The van der Waals surface area contributed by atoms with Gasteiger partial charge in [0.15, 0.2) is 0 Å². The van der Waals surface area contributed by atoms with Gasteiger partial charge >= 0.3 is 5.69 Å². The van der Waals surface area contributed by atoms with Gasteiger partial charge in [-0.2, -0.15) is 0 Å². The molecule has 0 amide bonds. The summed E-state index contributed by atoms with van der Waals surface area (Å²) in [6.07, 6.45) is 4.36. The highest BCUT2D eigenvalue weighted by atomic mass is 16.1. The summed E-state index contributed by atoms with van der Waals surface area (Å²) in [5.41, 5.74) is 3.57. The van der Waals surface area contributed by atoms with Gasteiger partial charge in [0.1, 0.15) is 0 Å². The minimum Gasteiger partial charge on any atom is -0.305 e. The molecule has 1 N–H and O–H groups in total. The van der Waals surface area contributed by atoms with Gasteiger partial charge in [-0.25, -0.2) is 4.79 Å². The zero-order valence-corrected chi connectivity index (χ0v) is 10.1. The van der Waals surface area contributed by atoms with Gasteiger partial charge in [-0.1, -0.05) is 19.1 Å². The van der Waals surface area contributed by atoms with Gasteiger partial charge in [-0.3, -0.25) is 9.55 Å². The number of hydrogen-bond donors (Lipinski definition) is 1. The molecule has 0 aliphatic heterocycles. The predicted octanol–water partition coefficient (Wildman–Crippen LogP) is 2.28. The minimum absolute atomic E-state index is 0.137. The number of rotatable bonds is 2. The quantitative estimate of drug-likeness (QED) is 0.745. The molecule has 4 heteroatoms. The zero-order chi connectivity index (χ0) is 12.5. The van der Waals surface area contributed by atoms with E-state index in [9.17, 15) is 4.79 Å². The molecule has 3 rings (SSSR count). The lowest BCUT2D eigenvalue weighted by Gasteiger charge is -2.04. The fourth-order valence-corrected chi connectivity index (χ4v) is 2.09. The molecule has 0 fully saturated rings. The lowest BCUT2D eigenvalue weighted by Crippen LogP contribution is -2.14. The molecular weight excluding hydrogens is 226 g/mol. The fraction of sp³-hybridized carbons (Fsp3) is 0.143. The topological polar surface area (TPSA) is 50.7 Å². The number of pyridine rings is 1. The van der Waals surface area contributed by atoms with E-state index < -0.39 is 0 Å². The Hall–Kier alpha value is -2.36. The maximum Gasteiger partial charge on any atom is 0.331 e. The summed E-state index contributed by atoms with van der Waals surface area (Å²) in [5.74, 6) is 0. The summed E-state index contributed by atoms with van der Waals surface area (Å²) in [4.78, 5) is 18.9. The monoisotopic (exact) mass is 239 g/mol. The average Bonchev–Trinajstić information content (AvgIpc) is 2.75. The number of imidazole rings is 1. The van der Waals surface area contributed by atoms with Crippen LogP contribution in [0.2, 0.25) is 0 Å². The van der Waals surface area contributed by atoms with Crippen molar-refractivity contribution in [3.8, 4) is 5.69 Å². The molecule has 0 unspecified atom stereocenters. The normalized spacial score (nSPS) is 10.9. The summed E-state index contributed by atoms with van der Waals surface area (Å²) < 4.78 is 1.64. The molecule has 0 saturated heterocycles. The molecule has 4 nitrogen and oxygen atoms in total. The maximum atomic E-state index is 12.0. The van der Waals surface area contributed by atoms with Crippen LogP contribution in [-0.2, 0) is 6.42 Å². The van der Waals surface area contributed by atoms with Crippen molar-refractivity contribution in [1.82, 2.24) is 14.5 Å². The summed E-state index contributed by atoms with van der Waals surface area (Å²) in [6, 6.07) is 9.79. The van der Waals surface area contributed by atoms with Gasteiger partial charge in [0.25, 0.3) is 0 Å². The number of H-pyrrole nitrogens is 1. The molecule has 2 heterocycles. The van der Waals surface area contributed by atoms with Gasteiger partial charge in [0.05, 0.1) is 22.9 Å². The SMILES string of the molecule is CCc1ccc(-n2c(=O)[nH]c3ccncc32)cc1. The molecule has 0 aliphatic carbocycles. The van der Waals surface area contributed by atoms with Crippen LogP contribution in [-0.4, -0.2) is 14.5 Å². The van der Waals surface area contributed by atoms with E-state index in [1.165, 1.54) is 5.56 Å². The third-order valence-corrected chi connectivity index (χ3v) is 3.09. The van der Waals surface area contributed by atoms with Crippen LogP contribution in [0.1, 0.15) is 12.5 Å². The van der Waals surface area contributed by atoms with Gasteiger partial charge in [-0.05, 0) is 30.2 Å². The number of nitrogens with one attached hydrogen (secondary N) is 1. The van der Waals surface area contributed by atoms with Crippen molar-refractivity contribution in [2.45, 2.75) is 13.3 Å². The van der Waals surface area contributed by atoms with Crippen LogP contribution in [0.25, 0.3) is 16.7 Å². The van der Waals surface area contributed by atoms with E-state index in [0.29, 0.717) is 0 Å². The summed E-state index contributed by atoms with van der Waals surface area (Å²) in [6.45, 7) is 2.11. The fourth-order valence-electron chi connectivity index (χ4n) is 2.09. The highest BCUT2D eigenvalue weighted by molar-refractivity contribution is 5.75. The van der Waals surface area contributed by atoms with E-state index in [-0.39, 0.29) is 5.69 Å². The molecule has 2 aromatic heterocycles. The van der Waals surface area contributed by atoms with E-state index in [4.69, 9.17) is 0 Å². The molecule has 0 saturated carbocycles. The van der Waals surface area contributed by atoms with Gasteiger partial charge in [0, 0.05) is 6.20 Å². The second-order valence-electron chi connectivity index (χ2n) is 4.18. The standard InChI is InChI=1S/C14H13N3O/c1-2-10-3-5-11(6-4-10)17-13-9-15-8-7-12(13)16-14(17)18/h3-9H,2H2,1H3,(H,16,18).